The van der Waals surface area contributed by atoms with E-state index in [-0.39, 0.29) is 0 Å². The van der Waals surface area contributed by atoms with Gasteiger partial charge in [0.1, 0.15) is 0 Å². The van der Waals surface area contributed by atoms with Crippen molar-refractivity contribution < 1.29 is 0 Å². The number of aromatic nitrogens is 1. The van der Waals surface area contributed by atoms with Crippen LogP contribution in [0.15, 0.2) is 97.1 Å². The molecule has 1 aliphatic carbocycles. The number of hydrogen-bond donors (Lipinski definition) is 0. The molecule has 0 radical (unpaired) electrons. The molecule has 1 heterocycles. The fraction of sp³-hybridized carbons (Fsp3) is 0.212. The van der Waals surface area contributed by atoms with Crippen LogP contribution in [-0.2, 0) is 0 Å². The van der Waals surface area contributed by atoms with Crippen molar-refractivity contribution in [2.75, 3.05) is 0 Å². The van der Waals surface area contributed by atoms with E-state index in [1.54, 1.807) is 0 Å². The topological polar surface area (TPSA) is 4.93 Å². The number of fused-ring (bicyclic) bond motifs is 5. The number of rotatable bonds is 4. The van der Waals surface area contributed by atoms with Gasteiger partial charge in [-0.2, -0.15) is 0 Å². The average Bonchev–Trinajstić information content (AvgIpc) is 3.21. The van der Waals surface area contributed by atoms with Crippen molar-refractivity contribution in [2.24, 2.45) is 0 Å². The molecule has 1 aromatic heterocycles. The van der Waals surface area contributed by atoms with E-state index in [1.807, 2.05) is 0 Å². The second-order valence-corrected chi connectivity index (χ2v) is 9.75. The van der Waals surface area contributed by atoms with Crippen molar-refractivity contribution >= 4 is 32.6 Å². The molecule has 0 N–H and O–H groups in total. The van der Waals surface area contributed by atoms with Crippen LogP contribution in [0.2, 0.25) is 0 Å². The Labute approximate surface area is 202 Å². The van der Waals surface area contributed by atoms with Gasteiger partial charge in [0.2, 0.25) is 0 Å². The summed E-state index contributed by atoms with van der Waals surface area (Å²) in [6.45, 7) is 6.90. The van der Waals surface area contributed by atoms with Crippen LogP contribution in [0.5, 0.6) is 0 Å². The van der Waals surface area contributed by atoms with E-state index in [0.29, 0.717) is 12.0 Å². The minimum absolute atomic E-state index is 0.337. The molecule has 2 atom stereocenters. The smallest absolute Gasteiger partial charge is 0.0560 e. The van der Waals surface area contributed by atoms with Crippen LogP contribution >= 0.6 is 0 Å². The molecule has 0 spiro atoms. The molecule has 1 nitrogen and oxygen atoms in total. The maximum Gasteiger partial charge on any atom is 0.0560 e. The van der Waals surface area contributed by atoms with Gasteiger partial charge in [-0.25, -0.2) is 0 Å². The largest absolute Gasteiger partial charge is 0.333 e. The zero-order chi connectivity index (χ0) is 23.2. The lowest BCUT2D eigenvalue weighted by molar-refractivity contribution is 0.648. The summed E-state index contributed by atoms with van der Waals surface area (Å²) in [4.78, 5) is 0. The van der Waals surface area contributed by atoms with Crippen molar-refractivity contribution in [1.29, 1.82) is 0 Å². The molecule has 0 saturated heterocycles. The summed E-state index contributed by atoms with van der Waals surface area (Å²) in [5, 5.41) is 5.37. The van der Waals surface area contributed by atoms with E-state index < -0.39 is 0 Å². The Morgan fingerprint density at radius 3 is 2.50 bits per heavy atom. The van der Waals surface area contributed by atoms with Crippen molar-refractivity contribution in [1.82, 2.24) is 4.57 Å². The summed E-state index contributed by atoms with van der Waals surface area (Å²) in [6.07, 6.45) is 11.2. The number of aryl methyl sites for hydroxylation is 1. The van der Waals surface area contributed by atoms with Crippen LogP contribution in [0, 0.1) is 6.92 Å². The Balaban J connectivity index is 1.72. The van der Waals surface area contributed by atoms with Crippen LogP contribution in [0.3, 0.4) is 0 Å². The Morgan fingerprint density at radius 1 is 0.853 bits per heavy atom. The molecule has 0 aliphatic heterocycles. The molecular formula is C33H31N. The van der Waals surface area contributed by atoms with E-state index in [1.165, 1.54) is 54.8 Å². The highest BCUT2D eigenvalue weighted by molar-refractivity contribution is 6.21. The first-order valence-corrected chi connectivity index (χ1v) is 12.6. The zero-order valence-electron chi connectivity index (χ0n) is 20.3. The van der Waals surface area contributed by atoms with Crippen LogP contribution in [-0.4, -0.2) is 4.57 Å². The van der Waals surface area contributed by atoms with Gasteiger partial charge in [0.05, 0.1) is 11.6 Å². The lowest BCUT2D eigenvalue weighted by Gasteiger charge is -2.20. The first-order chi connectivity index (χ1) is 16.7. The van der Waals surface area contributed by atoms with Gasteiger partial charge in [0, 0.05) is 16.3 Å². The molecule has 1 aliphatic rings. The number of benzene rings is 4. The first-order valence-electron chi connectivity index (χ1n) is 12.6. The summed E-state index contributed by atoms with van der Waals surface area (Å²) in [5.74, 6) is 0.535. The Morgan fingerprint density at radius 2 is 1.68 bits per heavy atom. The second kappa shape index (κ2) is 8.33. The van der Waals surface area contributed by atoms with Gasteiger partial charge < -0.3 is 4.57 Å². The van der Waals surface area contributed by atoms with Gasteiger partial charge >= 0.3 is 0 Å². The molecule has 5 aromatic rings. The quantitative estimate of drug-likeness (QED) is 0.262. The minimum atomic E-state index is 0.337. The normalized spacial score (nSPS) is 16.6. The Hall–Kier alpha value is -3.58. The molecule has 0 amide bonds. The summed E-state index contributed by atoms with van der Waals surface area (Å²) >= 11 is 0. The molecule has 0 fully saturated rings. The third-order valence-corrected chi connectivity index (χ3v) is 7.72. The highest BCUT2D eigenvalue weighted by atomic mass is 15.0. The molecular weight excluding hydrogens is 410 g/mol. The maximum atomic E-state index is 2.56. The zero-order valence-corrected chi connectivity index (χ0v) is 20.3. The summed E-state index contributed by atoms with van der Waals surface area (Å²) < 4.78 is 2.56. The van der Waals surface area contributed by atoms with Gasteiger partial charge in [0.15, 0.2) is 0 Å². The van der Waals surface area contributed by atoms with E-state index in [9.17, 15) is 0 Å². The molecule has 1 heteroatoms. The van der Waals surface area contributed by atoms with Crippen LogP contribution in [0.4, 0.5) is 0 Å². The third-order valence-electron chi connectivity index (χ3n) is 7.72. The third kappa shape index (κ3) is 3.22. The molecule has 0 saturated carbocycles. The van der Waals surface area contributed by atoms with Crippen LogP contribution in [0.1, 0.15) is 49.8 Å². The number of hydrogen-bond acceptors (Lipinski definition) is 0. The van der Waals surface area contributed by atoms with Crippen LogP contribution < -0.4 is 0 Å². The average molecular weight is 442 g/mol. The van der Waals surface area contributed by atoms with Crippen molar-refractivity contribution in [3.63, 3.8) is 0 Å². The van der Waals surface area contributed by atoms with E-state index >= 15 is 0 Å². The highest BCUT2D eigenvalue weighted by Gasteiger charge is 2.21. The molecule has 34 heavy (non-hydrogen) atoms. The fourth-order valence-electron chi connectivity index (χ4n) is 5.76. The molecule has 0 bridgehead atoms. The molecule has 2 unspecified atom stereocenters. The standard InChI is InChI=1S/C33H31N/c1-4-22(2)26-15-10-11-17-28(26)29-21-30-32(20-23(29)3)34(25-13-6-5-7-14-25)31-19-18-24-12-8-9-16-27(24)33(30)31/h5-13,15-22,25H,4,14H2,1-3H3. The highest BCUT2D eigenvalue weighted by Crippen LogP contribution is 2.42. The van der Waals surface area contributed by atoms with Gasteiger partial charge in [-0.3, -0.25) is 0 Å². The fourth-order valence-corrected chi connectivity index (χ4v) is 5.76. The number of allylic oxidation sites excluding steroid dienone is 4. The van der Waals surface area contributed by atoms with Crippen LogP contribution in [0.25, 0.3) is 43.7 Å². The Kier molecular flexibility index (Phi) is 5.14. The van der Waals surface area contributed by atoms with E-state index in [2.05, 4.69) is 122 Å². The first kappa shape index (κ1) is 21.0. The predicted molar refractivity (Wildman–Crippen MR) is 148 cm³/mol. The maximum absolute atomic E-state index is 2.56. The predicted octanol–water partition coefficient (Wildman–Crippen LogP) is 9.49. The van der Waals surface area contributed by atoms with Gasteiger partial charge in [-0.15, -0.1) is 0 Å². The van der Waals surface area contributed by atoms with Crippen molar-refractivity contribution in [2.45, 2.75) is 45.6 Å². The lowest BCUT2D eigenvalue weighted by atomic mass is 9.88. The van der Waals surface area contributed by atoms with E-state index in [0.717, 1.165) is 12.8 Å². The summed E-state index contributed by atoms with van der Waals surface area (Å²) in [5.41, 5.74) is 8.17. The van der Waals surface area contributed by atoms with Crippen molar-refractivity contribution in [3.05, 3.63) is 108 Å². The molecule has 6 rings (SSSR count). The Bertz CT molecular complexity index is 1590. The number of nitrogens with zero attached hydrogens (tertiary/aromatic N) is 1. The van der Waals surface area contributed by atoms with Gasteiger partial charge in [0.25, 0.3) is 0 Å². The van der Waals surface area contributed by atoms with Gasteiger partial charge in [-0.05, 0) is 76.9 Å². The summed E-state index contributed by atoms with van der Waals surface area (Å²) in [6, 6.07) is 27.6. The second-order valence-electron chi connectivity index (χ2n) is 9.75. The summed E-state index contributed by atoms with van der Waals surface area (Å²) in [7, 11) is 0. The molecule has 168 valence electrons. The monoisotopic (exact) mass is 441 g/mol. The minimum Gasteiger partial charge on any atom is -0.333 e. The molecule has 4 aromatic carbocycles. The van der Waals surface area contributed by atoms with E-state index in [4.69, 9.17) is 0 Å². The van der Waals surface area contributed by atoms with Gasteiger partial charge in [-0.1, -0.05) is 92.7 Å². The van der Waals surface area contributed by atoms with Crippen molar-refractivity contribution in [3.8, 4) is 11.1 Å². The lowest BCUT2D eigenvalue weighted by Crippen LogP contribution is -2.07. The SMILES string of the molecule is CCC(C)c1ccccc1-c1cc2c3c4ccccc4ccc3n(C3C=CC=CC3)c2cc1C.